The van der Waals surface area contributed by atoms with Crippen LogP contribution in [0, 0.1) is 0 Å². The average Bonchev–Trinajstić information content (AvgIpc) is 3.53. The zero-order chi connectivity index (χ0) is 26.5. The zero-order valence-electron chi connectivity index (χ0n) is 18.5. The van der Waals surface area contributed by atoms with Crippen molar-refractivity contribution in [2.75, 3.05) is 5.32 Å². The Morgan fingerprint density at radius 3 is 2.51 bits per heavy atom. The molecule has 2 aromatic heterocycles. The number of anilines is 1. The molecule has 2 amide bonds. The monoisotopic (exact) mass is 611 g/mol. The molecular weight excluding hydrogens is 598 g/mol. The van der Waals surface area contributed by atoms with Crippen molar-refractivity contribution in [2.24, 2.45) is 0 Å². The van der Waals surface area contributed by atoms with E-state index in [1.165, 1.54) is 18.3 Å². The van der Waals surface area contributed by atoms with Gasteiger partial charge in [0.25, 0.3) is 11.8 Å². The van der Waals surface area contributed by atoms with Crippen LogP contribution in [0.15, 0.2) is 53.1 Å². The Morgan fingerprint density at radius 2 is 1.84 bits per heavy atom. The van der Waals surface area contributed by atoms with Crippen LogP contribution < -0.4 is 10.6 Å². The minimum atomic E-state index is -4.84. The number of benzene rings is 2. The predicted molar refractivity (Wildman–Crippen MR) is 136 cm³/mol. The van der Waals surface area contributed by atoms with Gasteiger partial charge in [0.1, 0.15) is 5.69 Å². The normalized spacial score (nSPS) is 13.6. The highest BCUT2D eigenvalue weighted by Gasteiger charge is 2.37. The van der Waals surface area contributed by atoms with E-state index in [1.54, 1.807) is 24.3 Å². The summed E-state index contributed by atoms with van der Waals surface area (Å²) in [5, 5.41) is 10.1. The lowest BCUT2D eigenvalue weighted by Gasteiger charge is -2.16. The number of alkyl halides is 3. The maximum Gasteiger partial charge on any atom is 0.435 e. The van der Waals surface area contributed by atoms with Crippen LogP contribution in [0.2, 0.25) is 10.0 Å². The fourth-order valence-corrected chi connectivity index (χ4v) is 4.58. The molecule has 37 heavy (non-hydrogen) atoms. The minimum absolute atomic E-state index is 0.00936. The number of halogens is 6. The summed E-state index contributed by atoms with van der Waals surface area (Å²) in [6.45, 7) is 0. The van der Waals surface area contributed by atoms with Crippen molar-refractivity contribution >= 4 is 67.4 Å². The lowest BCUT2D eigenvalue weighted by atomic mass is 10.0. The highest BCUT2D eigenvalue weighted by molar-refractivity contribution is 9.10. The number of carbonyl (C=O) groups excluding carboxylic acids is 2. The van der Waals surface area contributed by atoms with E-state index < -0.39 is 29.4 Å². The van der Waals surface area contributed by atoms with Gasteiger partial charge in [-0.2, -0.15) is 18.3 Å². The summed E-state index contributed by atoms with van der Waals surface area (Å²) in [5.74, 6) is -1.65. The zero-order valence-corrected chi connectivity index (χ0v) is 21.6. The van der Waals surface area contributed by atoms with E-state index in [1.807, 2.05) is 0 Å². The first kappa shape index (κ1) is 25.5. The third-order valence-electron chi connectivity index (χ3n) is 5.61. The second-order valence-corrected chi connectivity index (χ2v) is 10.0. The summed E-state index contributed by atoms with van der Waals surface area (Å²) < 4.78 is 42.0. The van der Waals surface area contributed by atoms with E-state index in [2.05, 4.69) is 36.6 Å². The van der Waals surface area contributed by atoms with Crippen LogP contribution in [-0.4, -0.2) is 32.6 Å². The molecule has 1 fully saturated rings. The van der Waals surface area contributed by atoms with Crippen molar-refractivity contribution in [1.29, 1.82) is 0 Å². The van der Waals surface area contributed by atoms with E-state index in [4.69, 9.17) is 23.2 Å². The van der Waals surface area contributed by atoms with E-state index in [0.29, 0.717) is 21.5 Å². The summed E-state index contributed by atoms with van der Waals surface area (Å²) >= 11 is 16.2. The van der Waals surface area contributed by atoms with Crippen LogP contribution in [0.1, 0.15) is 39.4 Å². The molecule has 4 aromatic rings. The van der Waals surface area contributed by atoms with Gasteiger partial charge in [-0.3, -0.25) is 9.59 Å². The number of rotatable bonds is 5. The van der Waals surface area contributed by atoms with Gasteiger partial charge in [-0.1, -0.05) is 45.2 Å². The van der Waals surface area contributed by atoms with E-state index >= 15 is 0 Å². The smallest absolute Gasteiger partial charge is 0.349 e. The molecule has 0 atom stereocenters. The van der Waals surface area contributed by atoms with Crippen LogP contribution >= 0.6 is 39.1 Å². The first-order valence-electron chi connectivity index (χ1n) is 10.8. The largest absolute Gasteiger partial charge is 0.435 e. The van der Waals surface area contributed by atoms with Gasteiger partial charge in [-0.05, 0) is 48.6 Å². The molecule has 0 aliphatic heterocycles. The molecule has 0 unspecified atom stereocenters. The maximum absolute atomic E-state index is 13.5. The van der Waals surface area contributed by atoms with Crippen LogP contribution in [0.3, 0.4) is 0 Å². The van der Waals surface area contributed by atoms with Crippen LogP contribution in [0.25, 0.3) is 16.6 Å². The van der Waals surface area contributed by atoms with Crippen molar-refractivity contribution in [3.63, 3.8) is 0 Å². The molecule has 0 spiro atoms. The molecule has 0 radical (unpaired) electrons. The van der Waals surface area contributed by atoms with Gasteiger partial charge < -0.3 is 10.6 Å². The molecule has 13 heteroatoms. The fraction of sp³-hybridized carbons (Fsp3) is 0.167. The molecule has 1 aliphatic carbocycles. The van der Waals surface area contributed by atoms with Crippen LogP contribution in [0.4, 0.5) is 18.9 Å². The van der Waals surface area contributed by atoms with Gasteiger partial charge in [0, 0.05) is 28.2 Å². The molecule has 2 aromatic carbocycles. The number of fused-ring (bicyclic) bond motifs is 1. The molecule has 5 rings (SSSR count). The van der Waals surface area contributed by atoms with Gasteiger partial charge in [-0.25, -0.2) is 9.67 Å². The first-order valence-corrected chi connectivity index (χ1v) is 12.4. The molecule has 1 aliphatic rings. The van der Waals surface area contributed by atoms with Gasteiger partial charge in [-0.15, -0.1) is 0 Å². The lowest BCUT2D eigenvalue weighted by molar-refractivity contribution is -0.141. The molecule has 1 saturated carbocycles. The average molecular weight is 613 g/mol. The van der Waals surface area contributed by atoms with Crippen molar-refractivity contribution in [2.45, 2.75) is 25.1 Å². The molecule has 0 saturated heterocycles. The quantitative estimate of drug-likeness (QED) is 0.264. The molecule has 0 bridgehead atoms. The molecule has 7 nitrogen and oxygen atoms in total. The summed E-state index contributed by atoms with van der Waals surface area (Å²) in [6.07, 6.45) is -1.89. The Labute approximate surface area is 226 Å². The van der Waals surface area contributed by atoms with E-state index in [-0.39, 0.29) is 33.2 Å². The van der Waals surface area contributed by atoms with E-state index in [0.717, 1.165) is 17.3 Å². The highest BCUT2D eigenvalue weighted by atomic mass is 79.9. The SMILES string of the molecule is O=C(NC1CC1)c1cc2cc(Br)ccc2c(Cl)c1NC(=O)c1cc(C(F)(F)F)nn1-c1ncccc1Cl. The Kier molecular flexibility index (Phi) is 6.63. The lowest BCUT2D eigenvalue weighted by Crippen LogP contribution is -2.27. The van der Waals surface area contributed by atoms with Crippen LogP contribution in [0.5, 0.6) is 0 Å². The molecule has 2 N–H and O–H groups in total. The third kappa shape index (κ3) is 5.16. The summed E-state index contributed by atoms with van der Waals surface area (Å²) in [5.41, 5.74) is -1.81. The summed E-state index contributed by atoms with van der Waals surface area (Å²) in [6, 6.07) is 10.2. The number of pyridine rings is 1. The molecular formula is C24H15BrCl2F3N5O2. The second kappa shape index (κ2) is 9.62. The molecule has 190 valence electrons. The third-order valence-corrected chi connectivity index (χ3v) is 6.79. The minimum Gasteiger partial charge on any atom is -0.349 e. The highest BCUT2D eigenvalue weighted by Crippen LogP contribution is 2.37. The first-order chi connectivity index (χ1) is 17.5. The van der Waals surface area contributed by atoms with E-state index in [9.17, 15) is 22.8 Å². The predicted octanol–water partition coefficient (Wildman–Crippen LogP) is 6.65. The number of nitrogens with one attached hydrogen (secondary N) is 2. The number of aromatic nitrogens is 3. The van der Waals surface area contributed by atoms with Crippen molar-refractivity contribution in [1.82, 2.24) is 20.1 Å². The number of nitrogens with zero attached hydrogens (tertiary/aromatic N) is 3. The molecule has 2 heterocycles. The van der Waals surface area contributed by atoms with Crippen LogP contribution in [-0.2, 0) is 6.18 Å². The summed E-state index contributed by atoms with van der Waals surface area (Å²) in [4.78, 5) is 30.4. The van der Waals surface area contributed by atoms with Crippen molar-refractivity contribution in [3.05, 3.63) is 80.1 Å². The Hall–Kier alpha value is -3.15. The Balaban J connectivity index is 1.62. The Bertz CT molecular complexity index is 1570. The number of amides is 2. The standard InChI is InChI=1S/C24H15BrCl2F3N5O2/c25-12-3-6-14-11(8-12)9-15(22(36)32-13-4-5-13)20(19(14)27)33-23(37)17-10-18(24(28,29)30)34-35(17)21-16(26)2-1-7-31-21/h1-3,6-10,13H,4-5H2,(H,32,36)(H,33,37). The fourth-order valence-electron chi connectivity index (χ4n) is 3.68. The topological polar surface area (TPSA) is 88.9 Å². The van der Waals surface area contributed by atoms with Gasteiger partial charge >= 0.3 is 6.18 Å². The number of hydrogen-bond donors (Lipinski definition) is 2. The second-order valence-electron chi connectivity index (χ2n) is 8.31. The van der Waals surface area contributed by atoms with Crippen molar-refractivity contribution < 1.29 is 22.8 Å². The number of hydrogen-bond acceptors (Lipinski definition) is 4. The summed E-state index contributed by atoms with van der Waals surface area (Å²) in [7, 11) is 0. The van der Waals surface area contributed by atoms with Crippen molar-refractivity contribution in [3.8, 4) is 5.82 Å². The van der Waals surface area contributed by atoms with Gasteiger partial charge in [0.2, 0.25) is 0 Å². The van der Waals surface area contributed by atoms with Gasteiger partial charge in [0.05, 0.1) is 21.3 Å². The van der Waals surface area contributed by atoms with Gasteiger partial charge in [0.15, 0.2) is 11.5 Å². The number of carbonyl (C=O) groups is 2. The Morgan fingerprint density at radius 1 is 1.08 bits per heavy atom. The maximum atomic E-state index is 13.5.